The molecule has 1 aromatic heterocycles. The van der Waals surface area contributed by atoms with Gasteiger partial charge in [0.25, 0.3) is 11.7 Å². The smallest absolute Gasteiger partial charge is 0.295 e. The van der Waals surface area contributed by atoms with Gasteiger partial charge in [-0.15, -0.1) is 0 Å². The van der Waals surface area contributed by atoms with Crippen LogP contribution in [0.15, 0.2) is 78.6 Å². The van der Waals surface area contributed by atoms with Crippen molar-refractivity contribution in [2.45, 2.75) is 32.0 Å². The number of ketones is 1. The lowest BCUT2D eigenvalue weighted by molar-refractivity contribution is -0.140. The van der Waals surface area contributed by atoms with Gasteiger partial charge >= 0.3 is 0 Å². The van der Waals surface area contributed by atoms with Crippen LogP contribution >= 0.6 is 0 Å². The van der Waals surface area contributed by atoms with E-state index in [0.29, 0.717) is 5.56 Å². The van der Waals surface area contributed by atoms with Gasteiger partial charge in [0.1, 0.15) is 17.6 Å². The third kappa shape index (κ3) is 3.43. The van der Waals surface area contributed by atoms with Gasteiger partial charge in [0, 0.05) is 30.9 Å². The van der Waals surface area contributed by atoms with Gasteiger partial charge in [-0.2, -0.15) is 0 Å². The number of benzene rings is 2. The lowest BCUT2D eigenvalue weighted by Crippen LogP contribution is -2.29. The molecule has 0 radical (unpaired) electrons. The van der Waals surface area contributed by atoms with Crippen LogP contribution in [0.5, 0.6) is 5.75 Å². The second-order valence-corrected chi connectivity index (χ2v) is 8.15. The molecule has 160 valence electrons. The largest absolute Gasteiger partial charge is 0.507 e. The highest BCUT2D eigenvalue weighted by molar-refractivity contribution is 6.46. The zero-order valence-electron chi connectivity index (χ0n) is 17.6. The van der Waals surface area contributed by atoms with Crippen molar-refractivity contribution in [2.75, 3.05) is 0 Å². The molecule has 3 aromatic rings. The third-order valence-corrected chi connectivity index (χ3v) is 5.93. The average Bonchev–Trinajstić information content (AvgIpc) is 3.31. The SMILES string of the molecule is CC1Cc2cc(C(O)=C3C(=O)C(=O)N(Cc4ccccc4)C3c3ccncc3)ccc2O1. The van der Waals surface area contributed by atoms with Crippen LogP contribution in [-0.2, 0) is 22.6 Å². The van der Waals surface area contributed by atoms with Gasteiger partial charge in [-0.1, -0.05) is 30.3 Å². The van der Waals surface area contributed by atoms with E-state index in [9.17, 15) is 14.7 Å². The molecule has 0 saturated carbocycles. The number of hydrogen-bond donors (Lipinski definition) is 1. The Balaban J connectivity index is 1.62. The van der Waals surface area contributed by atoms with Crippen molar-refractivity contribution in [1.29, 1.82) is 0 Å². The highest BCUT2D eigenvalue weighted by atomic mass is 16.5. The number of aromatic nitrogens is 1. The average molecular weight is 426 g/mol. The normalized spacial score (nSPS) is 21.5. The van der Waals surface area contributed by atoms with Crippen molar-refractivity contribution in [2.24, 2.45) is 0 Å². The maximum Gasteiger partial charge on any atom is 0.295 e. The number of aliphatic hydroxyl groups is 1. The summed E-state index contributed by atoms with van der Waals surface area (Å²) >= 11 is 0. The first kappa shape index (κ1) is 20.0. The van der Waals surface area contributed by atoms with Crippen molar-refractivity contribution in [1.82, 2.24) is 9.88 Å². The molecule has 1 N–H and O–H groups in total. The van der Waals surface area contributed by atoms with E-state index in [1.165, 1.54) is 4.90 Å². The number of hydrogen-bond acceptors (Lipinski definition) is 5. The van der Waals surface area contributed by atoms with Crippen LogP contribution in [0.1, 0.15) is 35.2 Å². The van der Waals surface area contributed by atoms with Crippen molar-refractivity contribution >= 4 is 17.4 Å². The van der Waals surface area contributed by atoms with Crippen molar-refractivity contribution in [3.63, 3.8) is 0 Å². The standard InChI is InChI=1S/C26H22N2O4/c1-16-13-20-14-19(7-8-21(20)32-16)24(29)22-23(18-9-11-27-12-10-18)28(26(31)25(22)30)15-17-5-3-2-4-6-17/h2-12,14,16,23,29H,13,15H2,1H3. The van der Waals surface area contributed by atoms with E-state index >= 15 is 0 Å². The van der Waals surface area contributed by atoms with E-state index in [-0.39, 0.29) is 24.0 Å². The molecular formula is C26H22N2O4. The van der Waals surface area contributed by atoms with Gasteiger partial charge in [-0.3, -0.25) is 14.6 Å². The molecule has 1 fully saturated rings. The Morgan fingerprint density at radius 3 is 2.59 bits per heavy atom. The van der Waals surface area contributed by atoms with Gasteiger partial charge in [0.2, 0.25) is 0 Å². The molecule has 2 aliphatic rings. The minimum absolute atomic E-state index is 0.0654. The number of carbonyl (C=O) groups is 2. The Bertz CT molecular complexity index is 1220. The number of ether oxygens (including phenoxy) is 1. The maximum atomic E-state index is 13.1. The summed E-state index contributed by atoms with van der Waals surface area (Å²) in [7, 11) is 0. The van der Waals surface area contributed by atoms with Crippen LogP contribution in [-0.4, -0.2) is 32.8 Å². The molecule has 0 bridgehead atoms. The minimum atomic E-state index is -0.707. The number of pyridine rings is 1. The Labute approximate surface area is 185 Å². The summed E-state index contributed by atoms with van der Waals surface area (Å²) in [6.45, 7) is 2.24. The minimum Gasteiger partial charge on any atom is -0.507 e. The van der Waals surface area contributed by atoms with Crippen molar-refractivity contribution < 1.29 is 19.4 Å². The summed E-state index contributed by atoms with van der Waals surface area (Å²) in [4.78, 5) is 31.8. The van der Waals surface area contributed by atoms with Gasteiger partial charge in [0.05, 0.1) is 11.6 Å². The highest BCUT2D eigenvalue weighted by Gasteiger charge is 2.46. The van der Waals surface area contributed by atoms with E-state index in [1.807, 2.05) is 43.3 Å². The van der Waals surface area contributed by atoms with E-state index in [4.69, 9.17) is 4.74 Å². The number of aliphatic hydroxyl groups excluding tert-OH is 1. The first-order valence-electron chi connectivity index (χ1n) is 10.5. The van der Waals surface area contributed by atoms with Crippen molar-refractivity contribution in [3.8, 4) is 5.75 Å². The monoisotopic (exact) mass is 426 g/mol. The van der Waals surface area contributed by atoms with Crippen LogP contribution in [0.3, 0.4) is 0 Å². The van der Waals surface area contributed by atoms with Gasteiger partial charge in [0.15, 0.2) is 0 Å². The molecule has 32 heavy (non-hydrogen) atoms. The van der Waals surface area contributed by atoms with Crippen LogP contribution in [0, 0.1) is 0 Å². The molecule has 6 nitrogen and oxygen atoms in total. The lowest BCUT2D eigenvalue weighted by atomic mass is 9.95. The Morgan fingerprint density at radius 1 is 1.09 bits per heavy atom. The predicted molar refractivity (Wildman–Crippen MR) is 119 cm³/mol. The zero-order valence-corrected chi connectivity index (χ0v) is 17.6. The van der Waals surface area contributed by atoms with Crippen LogP contribution < -0.4 is 4.74 Å². The summed E-state index contributed by atoms with van der Waals surface area (Å²) in [6, 6.07) is 17.7. The Kier molecular flexibility index (Phi) is 4.98. The summed E-state index contributed by atoms with van der Waals surface area (Å²) in [5.74, 6) is -0.715. The summed E-state index contributed by atoms with van der Waals surface area (Å²) in [6.07, 6.45) is 4.03. The van der Waals surface area contributed by atoms with Gasteiger partial charge in [-0.05, 0) is 53.9 Å². The fourth-order valence-corrected chi connectivity index (χ4v) is 4.44. The molecule has 1 saturated heterocycles. The molecule has 2 aromatic carbocycles. The maximum absolute atomic E-state index is 13.1. The third-order valence-electron chi connectivity index (χ3n) is 5.93. The predicted octanol–water partition coefficient (Wildman–Crippen LogP) is 4.03. The topological polar surface area (TPSA) is 79.7 Å². The Morgan fingerprint density at radius 2 is 1.84 bits per heavy atom. The number of fused-ring (bicyclic) bond motifs is 1. The van der Waals surface area contributed by atoms with E-state index in [2.05, 4.69) is 4.98 Å². The number of amides is 1. The quantitative estimate of drug-likeness (QED) is 0.387. The molecule has 0 spiro atoms. The molecule has 6 heteroatoms. The fourth-order valence-electron chi connectivity index (χ4n) is 4.44. The highest BCUT2D eigenvalue weighted by Crippen LogP contribution is 2.41. The molecule has 1 amide bonds. The molecule has 2 unspecified atom stereocenters. The van der Waals surface area contributed by atoms with Crippen LogP contribution in [0.25, 0.3) is 5.76 Å². The number of nitrogens with zero attached hydrogens (tertiary/aromatic N) is 2. The molecule has 0 aliphatic carbocycles. The lowest BCUT2D eigenvalue weighted by Gasteiger charge is -2.25. The summed E-state index contributed by atoms with van der Waals surface area (Å²) in [5.41, 5.74) is 3.18. The van der Waals surface area contributed by atoms with E-state index in [1.54, 1.807) is 36.7 Å². The molecular weight excluding hydrogens is 404 g/mol. The second-order valence-electron chi connectivity index (χ2n) is 8.15. The zero-order chi connectivity index (χ0) is 22.2. The molecule has 5 rings (SSSR count). The van der Waals surface area contributed by atoms with E-state index < -0.39 is 17.7 Å². The van der Waals surface area contributed by atoms with Gasteiger partial charge < -0.3 is 14.7 Å². The summed E-state index contributed by atoms with van der Waals surface area (Å²) < 4.78 is 5.75. The summed E-state index contributed by atoms with van der Waals surface area (Å²) in [5, 5.41) is 11.2. The number of Topliss-reactive ketones (excluding diaryl/α,β-unsaturated/α-hetero) is 1. The fraction of sp³-hybridized carbons (Fsp3) is 0.192. The molecule has 2 aliphatic heterocycles. The first-order valence-corrected chi connectivity index (χ1v) is 10.5. The number of carbonyl (C=O) groups excluding carboxylic acids is 2. The van der Waals surface area contributed by atoms with Crippen LogP contribution in [0.4, 0.5) is 0 Å². The number of likely N-dealkylation sites (tertiary alicyclic amines) is 1. The second kappa shape index (κ2) is 7.96. The van der Waals surface area contributed by atoms with Crippen LogP contribution in [0.2, 0.25) is 0 Å². The van der Waals surface area contributed by atoms with Crippen molar-refractivity contribution in [3.05, 3.63) is 101 Å². The van der Waals surface area contributed by atoms with Gasteiger partial charge in [-0.25, -0.2) is 0 Å². The molecule has 2 atom stereocenters. The van der Waals surface area contributed by atoms with E-state index in [0.717, 1.165) is 28.9 Å². The Hall–Kier alpha value is -3.93. The molecule has 3 heterocycles. The first-order chi connectivity index (χ1) is 15.5. The number of rotatable bonds is 4.